The molecular weight excluding hydrogens is 409 g/mol. The second-order valence-electron chi connectivity index (χ2n) is 7.14. The molecule has 0 aliphatic carbocycles. The number of hydrogen-bond acceptors (Lipinski definition) is 4. The van der Waals surface area contributed by atoms with Gasteiger partial charge >= 0.3 is 0 Å². The lowest BCUT2D eigenvalue weighted by Crippen LogP contribution is -2.14. The Morgan fingerprint density at radius 2 is 1.72 bits per heavy atom. The number of aryl methyl sites for hydroxylation is 2. The zero-order chi connectivity index (χ0) is 22.7. The van der Waals surface area contributed by atoms with Gasteiger partial charge in [0.25, 0.3) is 11.8 Å². The number of pyridine rings is 1. The van der Waals surface area contributed by atoms with Crippen LogP contribution in [0.2, 0.25) is 0 Å². The van der Waals surface area contributed by atoms with Crippen LogP contribution < -0.4 is 10.6 Å². The fourth-order valence-corrected chi connectivity index (χ4v) is 3.22. The average molecular weight is 429 g/mol. The Labute approximate surface area is 183 Å². The molecule has 0 aliphatic rings. The second kappa shape index (κ2) is 8.81. The molecule has 2 aromatic carbocycles. The molecule has 0 bridgehead atoms. The molecule has 0 spiro atoms. The first-order chi connectivity index (χ1) is 15.4. The van der Waals surface area contributed by atoms with Crippen molar-refractivity contribution in [1.29, 1.82) is 0 Å². The smallest absolute Gasteiger partial charge is 0.257 e. The number of amides is 2. The molecule has 4 rings (SSSR count). The third-order valence-electron chi connectivity index (χ3n) is 4.91. The zero-order valence-corrected chi connectivity index (χ0v) is 17.5. The third-order valence-corrected chi connectivity index (χ3v) is 4.91. The number of hydrogen-bond donors (Lipinski definition) is 2. The van der Waals surface area contributed by atoms with E-state index in [0.717, 1.165) is 0 Å². The summed E-state index contributed by atoms with van der Waals surface area (Å²) >= 11 is 0. The Kier molecular flexibility index (Phi) is 5.76. The van der Waals surface area contributed by atoms with Crippen molar-refractivity contribution in [3.8, 4) is 11.3 Å². The lowest BCUT2D eigenvalue weighted by molar-refractivity contribution is 0.101. The van der Waals surface area contributed by atoms with Gasteiger partial charge in [0.15, 0.2) is 0 Å². The van der Waals surface area contributed by atoms with Crippen molar-refractivity contribution in [2.24, 2.45) is 7.05 Å². The Morgan fingerprint density at radius 1 is 0.938 bits per heavy atom. The highest BCUT2D eigenvalue weighted by Crippen LogP contribution is 2.27. The number of benzene rings is 2. The molecule has 0 saturated heterocycles. The predicted molar refractivity (Wildman–Crippen MR) is 120 cm³/mol. The third kappa shape index (κ3) is 4.39. The molecule has 0 saturated carbocycles. The minimum atomic E-state index is -0.551. The van der Waals surface area contributed by atoms with Crippen LogP contribution in [0.3, 0.4) is 0 Å². The molecule has 2 N–H and O–H groups in total. The predicted octanol–water partition coefficient (Wildman–Crippen LogP) is 4.43. The maximum absolute atomic E-state index is 14.8. The number of carbonyl (C=O) groups excluding carboxylic acids is 2. The van der Waals surface area contributed by atoms with Gasteiger partial charge in [-0.05, 0) is 49.4 Å². The summed E-state index contributed by atoms with van der Waals surface area (Å²) in [6.07, 6.45) is 1.60. The zero-order valence-electron chi connectivity index (χ0n) is 17.5. The number of aromatic nitrogens is 3. The Morgan fingerprint density at radius 3 is 2.44 bits per heavy atom. The highest BCUT2D eigenvalue weighted by atomic mass is 19.1. The van der Waals surface area contributed by atoms with Crippen molar-refractivity contribution in [2.75, 3.05) is 10.6 Å². The van der Waals surface area contributed by atoms with Gasteiger partial charge in [-0.3, -0.25) is 19.3 Å². The van der Waals surface area contributed by atoms with Crippen molar-refractivity contribution in [3.63, 3.8) is 0 Å². The number of carbonyl (C=O) groups is 2. The van der Waals surface area contributed by atoms with E-state index < -0.39 is 5.82 Å². The lowest BCUT2D eigenvalue weighted by atomic mass is 10.1. The normalized spacial score (nSPS) is 10.6. The molecular formula is C24H20FN5O2. The van der Waals surface area contributed by atoms with E-state index in [-0.39, 0.29) is 17.4 Å². The number of nitrogens with one attached hydrogen (secondary N) is 2. The topological polar surface area (TPSA) is 88.9 Å². The van der Waals surface area contributed by atoms with E-state index in [9.17, 15) is 14.0 Å². The van der Waals surface area contributed by atoms with Gasteiger partial charge in [-0.1, -0.05) is 18.2 Å². The summed E-state index contributed by atoms with van der Waals surface area (Å²) in [6, 6.07) is 18.0. The molecule has 2 aromatic heterocycles. The van der Waals surface area contributed by atoms with Crippen LogP contribution in [0, 0.1) is 12.7 Å². The molecule has 7 nitrogen and oxygen atoms in total. The van der Waals surface area contributed by atoms with E-state index in [0.29, 0.717) is 34.0 Å². The average Bonchev–Trinajstić information content (AvgIpc) is 3.14. The van der Waals surface area contributed by atoms with E-state index in [2.05, 4.69) is 20.7 Å². The van der Waals surface area contributed by atoms with Crippen LogP contribution in [0.25, 0.3) is 11.3 Å². The fraction of sp³-hybridized carbons (Fsp3) is 0.0833. The molecule has 160 valence electrons. The summed E-state index contributed by atoms with van der Waals surface area (Å²) < 4.78 is 16.3. The summed E-state index contributed by atoms with van der Waals surface area (Å²) in [7, 11) is 1.66. The molecule has 0 aliphatic heterocycles. The van der Waals surface area contributed by atoms with Gasteiger partial charge in [0, 0.05) is 41.8 Å². The molecule has 2 amide bonds. The molecule has 0 fully saturated rings. The Bertz CT molecular complexity index is 1300. The summed E-state index contributed by atoms with van der Waals surface area (Å²) in [5.41, 5.74) is 2.42. The second-order valence-corrected chi connectivity index (χ2v) is 7.14. The first-order valence-electron chi connectivity index (χ1n) is 9.85. The van der Waals surface area contributed by atoms with Crippen LogP contribution in [0.15, 0.2) is 72.9 Å². The van der Waals surface area contributed by atoms with Gasteiger partial charge in [-0.2, -0.15) is 5.10 Å². The van der Waals surface area contributed by atoms with Crippen molar-refractivity contribution in [3.05, 3.63) is 95.6 Å². The standard InChI is InChI=1S/C24H20FN5O2/c1-15-18(9-6-12-26-15)24(32)27-17-10-11-19(20(25)13-17)21-14-22(30(2)29-21)28-23(31)16-7-4-3-5-8-16/h3-14H,1-2H3,(H,27,32)(H,28,31). The summed E-state index contributed by atoms with van der Waals surface area (Å²) in [4.78, 5) is 28.9. The molecule has 8 heteroatoms. The van der Waals surface area contributed by atoms with Gasteiger partial charge in [0.1, 0.15) is 11.6 Å². The number of anilines is 2. The summed E-state index contributed by atoms with van der Waals surface area (Å²) in [5.74, 6) is -0.779. The molecule has 0 atom stereocenters. The molecule has 0 unspecified atom stereocenters. The first-order valence-corrected chi connectivity index (χ1v) is 9.85. The van der Waals surface area contributed by atoms with Crippen LogP contribution >= 0.6 is 0 Å². The maximum Gasteiger partial charge on any atom is 0.257 e. The minimum absolute atomic E-state index is 0.247. The van der Waals surface area contributed by atoms with E-state index in [1.807, 2.05) is 6.07 Å². The number of rotatable bonds is 5. The van der Waals surface area contributed by atoms with Gasteiger partial charge in [0.05, 0.1) is 11.3 Å². The van der Waals surface area contributed by atoms with Crippen LogP contribution in [-0.2, 0) is 7.05 Å². The van der Waals surface area contributed by atoms with Gasteiger partial charge in [0.2, 0.25) is 0 Å². The van der Waals surface area contributed by atoms with Crippen molar-refractivity contribution >= 4 is 23.3 Å². The number of halogens is 1. The van der Waals surface area contributed by atoms with Gasteiger partial charge in [-0.25, -0.2) is 4.39 Å². The van der Waals surface area contributed by atoms with Crippen molar-refractivity contribution in [1.82, 2.24) is 14.8 Å². The van der Waals surface area contributed by atoms with Crippen LogP contribution in [0.5, 0.6) is 0 Å². The maximum atomic E-state index is 14.8. The molecule has 0 radical (unpaired) electrons. The van der Waals surface area contributed by atoms with Crippen molar-refractivity contribution in [2.45, 2.75) is 6.92 Å². The van der Waals surface area contributed by atoms with E-state index >= 15 is 0 Å². The monoisotopic (exact) mass is 429 g/mol. The Hall–Kier alpha value is -4.33. The molecule has 2 heterocycles. The largest absolute Gasteiger partial charge is 0.322 e. The van der Waals surface area contributed by atoms with E-state index in [1.54, 1.807) is 68.7 Å². The highest BCUT2D eigenvalue weighted by Gasteiger charge is 2.16. The fourth-order valence-electron chi connectivity index (χ4n) is 3.22. The van der Waals surface area contributed by atoms with Gasteiger partial charge < -0.3 is 10.6 Å². The summed E-state index contributed by atoms with van der Waals surface area (Å²) in [5, 5.41) is 9.76. The van der Waals surface area contributed by atoms with Crippen molar-refractivity contribution < 1.29 is 14.0 Å². The van der Waals surface area contributed by atoms with Gasteiger partial charge in [-0.15, -0.1) is 0 Å². The Balaban J connectivity index is 1.52. The van der Waals surface area contributed by atoms with E-state index in [1.165, 1.54) is 16.8 Å². The molecule has 4 aromatic rings. The van der Waals surface area contributed by atoms with Crippen LogP contribution in [-0.4, -0.2) is 26.6 Å². The molecule has 32 heavy (non-hydrogen) atoms. The number of nitrogens with zero attached hydrogens (tertiary/aromatic N) is 3. The lowest BCUT2D eigenvalue weighted by Gasteiger charge is -2.08. The first kappa shape index (κ1) is 20.9. The SMILES string of the molecule is Cc1ncccc1C(=O)Nc1ccc(-c2cc(NC(=O)c3ccccc3)n(C)n2)c(F)c1. The highest BCUT2D eigenvalue weighted by molar-refractivity contribution is 6.05. The quantitative estimate of drug-likeness (QED) is 0.491. The minimum Gasteiger partial charge on any atom is -0.322 e. The summed E-state index contributed by atoms with van der Waals surface area (Å²) in [6.45, 7) is 1.73. The van der Waals surface area contributed by atoms with E-state index in [4.69, 9.17) is 0 Å². The van der Waals surface area contributed by atoms with Crippen LogP contribution in [0.4, 0.5) is 15.9 Å². The van der Waals surface area contributed by atoms with Crippen LogP contribution in [0.1, 0.15) is 26.4 Å².